The first-order valence-electron chi connectivity index (χ1n) is 11.1. The van der Waals surface area contributed by atoms with Crippen molar-refractivity contribution < 1.29 is 0 Å². The summed E-state index contributed by atoms with van der Waals surface area (Å²) in [6, 6.07) is 15.8. The fourth-order valence-electron chi connectivity index (χ4n) is 4.06. The Labute approximate surface area is 191 Å². The highest BCUT2D eigenvalue weighted by molar-refractivity contribution is 5.77. The summed E-state index contributed by atoms with van der Waals surface area (Å²) in [4.78, 5) is 27.0. The van der Waals surface area contributed by atoms with Gasteiger partial charge in [0.25, 0.3) is 5.56 Å². The molecule has 0 unspecified atom stereocenters. The molecule has 5 rings (SSSR count). The Bertz CT molecular complexity index is 1320. The second-order valence-corrected chi connectivity index (χ2v) is 7.96. The predicted octanol–water partition coefficient (Wildman–Crippen LogP) is 3.07. The fourth-order valence-corrected chi connectivity index (χ4v) is 4.06. The van der Waals surface area contributed by atoms with E-state index < -0.39 is 0 Å². The van der Waals surface area contributed by atoms with Crippen LogP contribution in [0.15, 0.2) is 72.2 Å². The topological polar surface area (TPSA) is 102 Å². The lowest BCUT2D eigenvalue weighted by molar-refractivity contribution is 0.478. The number of pyridine rings is 1. The third kappa shape index (κ3) is 4.35. The maximum Gasteiger partial charge on any atom is 0.278 e. The van der Waals surface area contributed by atoms with E-state index in [9.17, 15) is 4.79 Å². The average Bonchev–Trinajstić information content (AvgIpc) is 3.12. The van der Waals surface area contributed by atoms with Crippen molar-refractivity contribution in [2.24, 2.45) is 0 Å². The van der Waals surface area contributed by atoms with Crippen LogP contribution in [-0.4, -0.2) is 43.4 Å². The highest BCUT2D eigenvalue weighted by atomic mass is 16.1. The number of allylic oxidation sites excluding steroid dienone is 1. The number of para-hydroxylation sites is 1. The molecule has 1 aromatic carbocycles. The predicted molar refractivity (Wildman–Crippen MR) is 130 cm³/mol. The molecule has 1 saturated heterocycles. The van der Waals surface area contributed by atoms with Crippen molar-refractivity contribution in [3.63, 3.8) is 0 Å². The zero-order chi connectivity index (χ0) is 22.6. The molecule has 0 aliphatic carbocycles. The molecule has 0 amide bonds. The molecular weight excluding hydrogens is 416 g/mol. The fraction of sp³-hybridized carbons (Fsp3) is 0.250. The van der Waals surface area contributed by atoms with Crippen LogP contribution in [0.1, 0.15) is 12.8 Å². The summed E-state index contributed by atoms with van der Waals surface area (Å²) in [7, 11) is 0. The summed E-state index contributed by atoms with van der Waals surface area (Å²) in [5, 5.41) is 10.5. The minimum atomic E-state index is -0.185. The molecule has 1 aliphatic rings. The lowest BCUT2D eigenvalue weighted by Gasteiger charge is -2.24. The van der Waals surface area contributed by atoms with Crippen molar-refractivity contribution in [3.8, 4) is 5.82 Å². The SMILES string of the molecule is C=CCn1c(=O)c2cnc(Nc3ccccc3)nc2n1-c1cccc(NC2CCNCC2)n1. The van der Waals surface area contributed by atoms with Gasteiger partial charge in [0, 0.05) is 17.9 Å². The van der Waals surface area contributed by atoms with Crippen molar-refractivity contribution in [2.75, 3.05) is 23.7 Å². The summed E-state index contributed by atoms with van der Waals surface area (Å²) in [5.74, 6) is 1.78. The molecule has 168 valence electrons. The summed E-state index contributed by atoms with van der Waals surface area (Å²) in [6.07, 6.45) is 5.33. The quantitative estimate of drug-likeness (QED) is 0.378. The van der Waals surface area contributed by atoms with Crippen LogP contribution in [0.4, 0.5) is 17.5 Å². The third-order valence-corrected chi connectivity index (χ3v) is 5.65. The first kappa shape index (κ1) is 20.9. The number of aromatic nitrogens is 5. The molecule has 0 radical (unpaired) electrons. The van der Waals surface area contributed by atoms with Gasteiger partial charge in [0.2, 0.25) is 5.95 Å². The van der Waals surface area contributed by atoms with Gasteiger partial charge in [-0.1, -0.05) is 30.3 Å². The van der Waals surface area contributed by atoms with Gasteiger partial charge in [0.15, 0.2) is 11.5 Å². The van der Waals surface area contributed by atoms with Crippen molar-refractivity contribution in [2.45, 2.75) is 25.4 Å². The summed E-state index contributed by atoms with van der Waals surface area (Å²) in [5.41, 5.74) is 1.17. The molecule has 0 atom stereocenters. The van der Waals surface area contributed by atoms with E-state index in [0.29, 0.717) is 35.4 Å². The number of rotatable bonds is 7. The van der Waals surface area contributed by atoms with E-state index in [2.05, 4.69) is 32.5 Å². The van der Waals surface area contributed by atoms with Crippen molar-refractivity contribution in [3.05, 3.63) is 77.7 Å². The normalized spacial score (nSPS) is 14.3. The highest BCUT2D eigenvalue weighted by Gasteiger charge is 2.19. The molecule has 9 nitrogen and oxygen atoms in total. The molecule has 3 N–H and O–H groups in total. The number of fused-ring (bicyclic) bond motifs is 1. The maximum atomic E-state index is 13.1. The van der Waals surface area contributed by atoms with E-state index in [1.165, 1.54) is 0 Å². The molecule has 3 aromatic heterocycles. The smallest absolute Gasteiger partial charge is 0.278 e. The number of benzene rings is 1. The lowest BCUT2D eigenvalue weighted by atomic mass is 10.1. The average molecular weight is 443 g/mol. The molecule has 0 bridgehead atoms. The van der Waals surface area contributed by atoms with Crippen molar-refractivity contribution in [1.29, 1.82) is 0 Å². The molecule has 1 fully saturated rings. The van der Waals surface area contributed by atoms with E-state index in [4.69, 9.17) is 4.98 Å². The minimum absolute atomic E-state index is 0.185. The monoisotopic (exact) mass is 442 g/mol. The summed E-state index contributed by atoms with van der Waals surface area (Å²) in [6.45, 7) is 6.12. The van der Waals surface area contributed by atoms with Crippen LogP contribution in [0, 0.1) is 0 Å². The molecule has 4 aromatic rings. The minimum Gasteiger partial charge on any atom is -0.367 e. The summed E-state index contributed by atoms with van der Waals surface area (Å²) >= 11 is 0. The van der Waals surface area contributed by atoms with Gasteiger partial charge in [-0.2, -0.15) is 4.98 Å². The Morgan fingerprint density at radius 3 is 2.70 bits per heavy atom. The van der Waals surface area contributed by atoms with Gasteiger partial charge in [-0.3, -0.25) is 4.79 Å². The third-order valence-electron chi connectivity index (χ3n) is 5.65. The van der Waals surface area contributed by atoms with E-state index in [0.717, 1.165) is 37.4 Å². The maximum absolute atomic E-state index is 13.1. The second-order valence-electron chi connectivity index (χ2n) is 7.96. The van der Waals surface area contributed by atoms with Crippen LogP contribution in [0.25, 0.3) is 16.9 Å². The largest absolute Gasteiger partial charge is 0.367 e. The summed E-state index contributed by atoms with van der Waals surface area (Å²) < 4.78 is 3.32. The molecular formula is C24H26N8O. The van der Waals surface area contributed by atoms with Gasteiger partial charge in [-0.05, 0) is 50.2 Å². The van der Waals surface area contributed by atoms with Crippen LogP contribution >= 0.6 is 0 Å². The number of piperidine rings is 1. The molecule has 0 saturated carbocycles. The molecule has 1 aliphatic heterocycles. The first-order chi connectivity index (χ1) is 16.2. The van der Waals surface area contributed by atoms with Gasteiger partial charge in [-0.25, -0.2) is 19.3 Å². The number of nitrogens with one attached hydrogen (secondary N) is 3. The van der Waals surface area contributed by atoms with Crippen LogP contribution in [0.2, 0.25) is 0 Å². The number of hydrogen-bond donors (Lipinski definition) is 3. The second kappa shape index (κ2) is 9.25. The van der Waals surface area contributed by atoms with Gasteiger partial charge in [-0.15, -0.1) is 6.58 Å². The molecule has 9 heteroatoms. The number of hydrogen-bond acceptors (Lipinski definition) is 7. The Hall–Kier alpha value is -3.98. The van der Waals surface area contributed by atoms with Crippen molar-refractivity contribution >= 4 is 28.5 Å². The molecule has 0 spiro atoms. The van der Waals surface area contributed by atoms with Gasteiger partial charge < -0.3 is 16.0 Å². The zero-order valence-corrected chi connectivity index (χ0v) is 18.2. The Morgan fingerprint density at radius 1 is 1.09 bits per heavy atom. The Balaban J connectivity index is 1.57. The van der Waals surface area contributed by atoms with Crippen LogP contribution < -0.4 is 21.5 Å². The lowest BCUT2D eigenvalue weighted by Crippen LogP contribution is -2.35. The van der Waals surface area contributed by atoms with E-state index in [1.54, 1.807) is 21.6 Å². The Morgan fingerprint density at radius 2 is 1.91 bits per heavy atom. The van der Waals surface area contributed by atoms with Crippen LogP contribution in [-0.2, 0) is 6.54 Å². The Kier molecular flexibility index (Phi) is 5.86. The zero-order valence-electron chi connectivity index (χ0n) is 18.2. The highest BCUT2D eigenvalue weighted by Crippen LogP contribution is 2.20. The standard InChI is InChI=1S/C24H26N8O/c1-2-15-31-23(33)19-16-26-24(28-17-7-4-3-5-8-17)30-22(19)32(31)21-10-6-9-20(29-21)27-18-11-13-25-14-12-18/h2-10,16,18,25H,1,11-15H2,(H,27,29)(H,26,28,30). The number of anilines is 3. The van der Waals surface area contributed by atoms with Crippen molar-refractivity contribution in [1.82, 2.24) is 29.6 Å². The van der Waals surface area contributed by atoms with E-state index in [1.807, 2.05) is 48.5 Å². The van der Waals surface area contributed by atoms with Crippen LogP contribution in [0.5, 0.6) is 0 Å². The molecule has 33 heavy (non-hydrogen) atoms. The first-order valence-corrected chi connectivity index (χ1v) is 11.1. The molecule has 4 heterocycles. The van der Waals surface area contributed by atoms with Gasteiger partial charge >= 0.3 is 0 Å². The number of nitrogens with zero attached hydrogens (tertiary/aromatic N) is 5. The van der Waals surface area contributed by atoms with Crippen LogP contribution in [0.3, 0.4) is 0 Å². The van der Waals surface area contributed by atoms with Gasteiger partial charge in [0.05, 0.1) is 6.54 Å². The van der Waals surface area contributed by atoms with E-state index in [-0.39, 0.29) is 5.56 Å². The van der Waals surface area contributed by atoms with E-state index >= 15 is 0 Å². The van der Waals surface area contributed by atoms with Gasteiger partial charge in [0.1, 0.15) is 11.2 Å².